The molecule has 5 rings (SSSR count). The molecule has 1 saturated heterocycles. The number of nitrogens with one attached hydrogen (secondary N) is 1. The van der Waals surface area contributed by atoms with Crippen molar-refractivity contribution < 1.29 is 59.1 Å². The molecule has 0 radical (unpaired) electrons. The molecule has 0 spiro atoms. The lowest BCUT2D eigenvalue weighted by atomic mass is 10.00. The molecular weight excluding hydrogens is 745 g/mol. The molecule has 2 atom stereocenters. The number of sulfone groups is 1. The highest BCUT2D eigenvalue weighted by molar-refractivity contribution is 7.92. The Hall–Kier alpha value is -5.72. The Labute approximate surface area is 305 Å². The number of methoxy groups -OCH3 is 2. The fourth-order valence-electron chi connectivity index (χ4n) is 6.02. The zero-order chi connectivity index (χ0) is 39.7. The van der Waals surface area contributed by atoms with Crippen molar-refractivity contribution in [3.63, 3.8) is 0 Å². The highest BCUT2D eigenvalue weighted by atomic mass is 32.2. The van der Waals surface area contributed by atoms with Gasteiger partial charge in [-0.15, -0.1) is 5.06 Å². The number of anilines is 3. The fraction of sp³-hybridized carbons (Fsp3) is 0.314. The van der Waals surface area contributed by atoms with Crippen LogP contribution >= 0.6 is 0 Å². The van der Waals surface area contributed by atoms with Crippen molar-refractivity contribution in [3.05, 3.63) is 83.6 Å². The first-order chi connectivity index (χ1) is 25.4. The third-order valence-corrected chi connectivity index (χ3v) is 11.0. The molecule has 0 aliphatic carbocycles. The molecule has 3 aromatic carbocycles. The van der Waals surface area contributed by atoms with Crippen LogP contribution < -0.4 is 20.9 Å². The zero-order valence-corrected chi connectivity index (χ0v) is 29.9. The molecule has 2 amide bonds. The second-order valence-corrected chi connectivity index (χ2v) is 14.8. The van der Waals surface area contributed by atoms with E-state index < -0.39 is 68.6 Å². The van der Waals surface area contributed by atoms with Crippen LogP contribution in [0.2, 0.25) is 0 Å². The number of rotatable bonds is 9. The summed E-state index contributed by atoms with van der Waals surface area (Å²) in [4.78, 5) is 48.4. The van der Waals surface area contributed by atoms with E-state index in [-0.39, 0.29) is 52.0 Å². The number of carbonyl (C=O) groups excluding carboxylic acids is 3. The summed E-state index contributed by atoms with van der Waals surface area (Å²) in [6.45, 7) is 2.75. The molecule has 4 aromatic rings. The van der Waals surface area contributed by atoms with Crippen LogP contribution in [-0.4, -0.2) is 68.5 Å². The normalized spacial score (nSPS) is 15.2. The van der Waals surface area contributed by atoms with Crippen LogP contribution in [-0.2, 0) is 29.0 Å². The van der Waals surface area contributed by atoms with E-state index in [9.17, 15) is 40.4 Å². The number of likely N-dealkylation sites (tertiary alicyclic amines) is 1. The number of benzene rings is 3. The number of hydroxylamine groups is 1. The summed E-state index contributed by atoms with van der Waals surface area (Å²) < 4.78 is 107. The summed E-state index contributed by atoms with van der Waals surface area (Å²) in [5.74, 6) is -5.89. The van der Waals surface area contributed by atoms with Gasteiger partial charge in [-0.3, -0.25) is 4.79 Å². The highest BCUT2D eigenvalue weighted by Gasteiger charge is 2.45. The van der Waals surface area contributed by atoms with Gasteiger partial charge in [0.15, 0.2) is 21.4 Å². The van der Waals surface area contributed by atoms with Crippen molar-refractivity contribution >= 4 is 55.8 Å². The summed E-state index contributed by atoms with van der Waals surface area (Å²) >= 11 is 0. The smallest absolute Gasteiger partial charge is 0.493 e. The van der Waals surface area contributed by atoms with Gasteiger partial charge in [-0.2, -0.15) is 13.2 Å². The largest absolute Gasteiger partial charge is 0.494 e. The quantitative estimate of drug-likeness (QED) is 0.142. The average molecular weight is 780 g/mol. The number of alkyl halides is 3. The molecule has 0 bridgehead atoms. The maximum absolute atomic E-state index is 15.7. The van der Waals surface area contributed by atoms with Crippen LogP contribution in [0, 0.1) is 11.6 Å². The van der Waals surface area contributed by atoms with Gasteiger partial charge in [0.25, 0.3) is 0 Å². The number of nitrogens with zero attached hydrogens (tertiary/aromatic N) is 3. The van der Waals surface area contributed by atoms with Gasteiger partial charge in [-0.05, 0) is 86.2 Å². The van der Waals surface area contributed by atoms with Crippen LogP contribution in [0.4, 0.5) is 43.9 Å². The molecule has 13 nitrogen and oxygen atoms in total. The Morgan fingerprint density at radius 2 is 1.74 bits per heavy atom. The van der Waals surface area contributed by atoms with E-state index in [0.29, 0.717) is 22.5 Å². The average Bonchev–Trinajstić information content (AvgIpc) is 3.62. The predicted molar refractivity (Wildman–Crippen MR) is 185 cm³/mol. The number of hydrogen-bond donors (Lipinski definition) is 2. The Kier molecular flexibility index (Phi) is 11.2. The number of halogens is 5. The van der Waals surface area contributed by atoms with Gasteiger partial charge in [0.05, 0.1) is 36.1 Å². The SMILES string of the molecule is COC(=O)N(OC(=O)C(F)(F)F)c1ccc(S(=O)(=O)C(C)C)c([C@H]2CCCN2C(=O)[C@H](Nc2ccc3c(N)nccc3c2)c2cc(OC)c(F)cc2F)c1. The van der Waals surface area contributed by atoms with Crippen molar-refractivity contribution in [2.45, 2.75) is 55.1 Å². The van der Waals surface area contributed by atoms with Crippen molar-refractivity contribution in [3.8, 4) is 5.75 Å². The second kappa shape index (κ2) is 15.3. The van der Waals surface area contributed by atoms with Crippen LogP contribution in [0.3, 0.4) is 0 Å². The molecule has 19 heteroatoms. The standard InChI is InChI=1S/C35H34F5N5O8S/c1-18(2)54(49,50)29-10-8-21(45(34(48)52-4)53-33(47)35(38,39)40)15-24(29)27-6-5-13-44(27)32(46)30(23-16-28(51-3)26(37)17-25(23)36)43-20-7-9-22-19(14-20)11-12-42-31(22)41/h7-12,14-18,27,30,43H,5-6,13H2,1-4H3,(H2,41,42)/t27-,30-/m1/s1. The lowest BCUT2D eigenvalue weighted by Crippen LogP contribution is -2.39. The number of nitrogen functional groups attached to an aromatic ring is 1. The third kappa shape index (κ3) is 7.80. The summed E-state index contributed by atoms with van der Waals surface area (Å²) in [6, 6.07) is 8.21. The number of pyridine rings is 1. The van der Waals surface area contributed by atoms with E-state index in [0.717, 1.165) is 38.5 Å². The van der Waals surface area contributed by atoms with Crippen molar-refractivity contribution in [1.29, 1.82) is 0 Å². The molecule has 0 unspecified atom stereocenters. The maximum atomic E-state index is 15.7. The molecule has 2 heterocycles. The third-order valence-electron chi connectivity index (χ3n) is 8.73. The Morgan fingerprint density at radius 3 is 2.39 bits per heavy atom. The topological polar surface area (TPSA) is 170 Å². The van der Waals surface area contributed by atoms with Gasteiger partial charge in [0, 0.05) is 35.4 Å². The minimum Gasteiger partial charge on any atom is -0.494 e. The van der Waals surface area contributed by atoms with Crippen LogP contribution in [0.1, 0.15) is 49.9 Å². The van der Waals surface area contributed by atoms with Gasteiger partial charge in [0.1, 0.15) is 17.7 Å². The minimum absolute atomic E-state index is 0.0171. The van der Waals surface area contributed by atoms with E-state index in [1.165, 1.54) is 24.9 Å². The predicted octanol–water partition coefficient (Wildman–Crippen LogP) is 6.40. The Morgan fingerprint density at radius 1 is 1.02 bits per heavy atom. The number of amides is 2. The number of aromatic nitrogens is 1. The van der Waals surface area contributed by atoms with Crippen LogP contribution in [0.15, 0.2) is 65.7 Å². The fourth-order valence-corrected chi connectivity index (χ4v) is 7.31. The first-order valence-electron chi connectivity index (χ1n) is 16.2. The van der Waals surface area contributed by atoms with Crippen LogP contribution in [0.25, 0.3) is 10.8 Å². The van der Waals surface area contributed by atoms with Gasteiger partial charge in [-0.25, -0.2) is 31.8 Å². The summed E-state index contributed by atoms with van der Waals surface area (Å²) in [5, 5.41) is 3.06. The zero-order valence-electron chi connectivity index (χ0n) is 29.1. The van der Waals surface area contributed by atoms with Gasteiger partial charge < -0.3 is 30.3 Å². The number of hydrogen-bond acceptors (Lipinski definition) is 11. The molecule has 3 N–H and O–H groups in total. The van der Waals surface area contributed by atoms with E-state index >= 15 is 4.39 Å². The minimum atomic E-state index is -5.53. The van der Waals surface area contributed by atoms with E-state index in [1.807, 2.05) is 0 Å². The summed E-state index contributed by atoms with van der Waals surface area (Å²) in [7, 11) is -2.23. The van der Waals surface area contributed by atoms with E-state index in [1.54, 1.807) is 24.3 Å². The first-order valence-corrected chi connectivity index (χ1v) is 17.7. The molecular formula is C35H34F5N5O8S. The number of ether oxygens (including phenoxy) is 2. The van der Waals surface area contributed by atoms with Gasteiger partial charge in [-0.1, -0.05) is 0 Å². The van der Waals surface area contributed by atoms with Gasteiger partial charge >= 0.3 is 18.2 Å². The van der Waals surface area contributed by atoms with E-state index in [4.69, 9.17) is 10.5 Å². The Bertz CT molecular complexity index is 2220. The van der Waals surface area contributed by atoms with Crippen molar-refractivity contribution in [2.75, 3.05) is 36.9 Å². The molecule has 1 aliphatic rings. The van der Waals surface area contributed by atoms with Crippen LogP contribution in [0.5, 0.6) is 5.75 Å². The highest BCUT2D eigenvalue weighted by Crippen LogP contribution is 2.41. The Balaban J connectivity index is 1.65. The summed E-state index contributed by atoms with van der Waals surface area (Å²) in [6.07, 6.45) is -5.25. The lowest BCUT2D eigenvalue weighted by molar-refractivity contribution is -0.200. The molecule has 0 saturated carbocycles. The molecule has 1 aromatic heterocycles. The second-order valence-electron chi connectivity index (χ2n) is 12.4. The molecule has 1 fully saturated rings. The summed E-state index contributed by atoms with van der Waals surface area (Å²) in [5.41, 5.74) is 5.27. The number of nitrogens with two attached hydrogens (primary N) is 1. The lowest BCUT2D eigenvalue weighted by Gasteiger charge is -2.32. The molecule has 288 valence electrons. The molecule has 1 aliphatic heterocycles. The van der Waals surface area contributed by atoms with Gasteiger partial charge in [0.2, 0.25) is 5.91 Å². The monoisotopic (exact) mass is 779 g/mol. The van der Waals surface area contributed by atoms with Crippen molar-refractivity contribution in [1.82, 2.24) is 9.88 Å². The first kappa shape index (κ1) is 39.5. The molecule has 54 heavy (non-hydrogen) atoms. The number of fused-ring (bicyclic) bond motifs is 1. The van der Waals surface area contributed by atoms with Crippen molar-refractivity contribution in [2.24, 2.45) is 0 Å². The maximum Gasteiger partial charge on any atom is 0.493 e. The van der Waals surface area contributed by atoms with E-state index in [2.05, 4.69) is 19.9 Å². The number of carbonyl (C=O) groups is 3.